The Balaban J connectivity index is 2.25. The zero-order valence-electron chi connectivity index (χ0n) is 13.5. The van der Waals surface area contributed by atoms with E-state index in [1.807, 2.05) is 13.8 Å². The summed E-state index contributed by atoms with van der Waals surface area (Å²) < 4.78 is 31.6. The first-order valence-electron chi connectivity index (χ1n) is 7.55. The van der Waals surface area contributed by atoms with Crippen LogP contribution in [0.2, 0.25) is 0 Å². The summed E-state index contributed by atoms with van der Waals surface area (Å²) in [5, 5.41) is 0. The number of halogens is 1. The van der Waals surface area contributed by atoms with E-state index in [-0.39, 0.29) is 5.41 Å². The summed E-state index contributed by atoms with van der Waals surface area (Å²) in [5.41, 5.74) is 3.16. The van der Waals surface area contributed by atoms with Crippen molar-refractivity contribution in [1.29, 1.82) is 0 Å². The fourth-order valence-corrected chi connectivity index (χ4v) is 3.98. The van der Waals surface area contributed by atoms with Crippen molar-refractivity contribution in [3.63, 3.8) is 0 Å². The van der Waals surface area contributed by atoms with Gasteiger partial charge in [0.2, 0.25) is 0 Å². The van der Waals surface area contributed by atoms with Crippen LogP contribution >= 0.6 is 0 Å². The SMILES string of the molecule is Cc1cc(C(C)(C)C)cc(C)c1S(=O)O[C@H]1CCC[C@@H]1F. The van der Waals surface area contributed by atoms with E-state index in [4.69, 9.17) is 4.18 Å². The third-order valence-electron chi connectivity index (χ3n) is 4.08. The number of alkyl halides is 1. The van der Waals surface area contributed by atoms with Gasteiger partial charge in [0, 0.05) is 0 Å². The molecule has 0 amide bonds. The Morgan fingerprint density at radius 1 is 1.19 bits per heavy atom. The molecule has 1 aromatic rings. The van der Waals surface area contributed by atoms with Crippen LogP contribution in [0.4, 0.5) is 4.39 Å². The van der Waals surface area contributed by atoms with Gasteiger partial charge < -0.3 is 0 Å². The van der Waals surface area contributed by atoms with Crippen molar-refractivity contribution in [2.75, 3.05) is 0 Å². The normalized spacial score (nSPS) is 24.3. The van der Waals surface area contributed by atoms with E-state index in [1.54, 1.807) is 0 Å². The minimum Gasteiger partial charge on any atom is -0.280 e. The number of hydrogen-bond acceptors (Lipinski definition) is 2. The molecular weight excluding hydrogens is 287 g/mol. The molecule has 118 valence electrons. The Hall–Kier alpha value is -0.740. The first-order chi connectivity index (χ1) is 9.70. The third kappa shape index (κ3) is 3.72. The summed E-state index contributed by atoms with van der Waals surface area (Å²) in [6.07, 6.45) is 0.480. The molecule has 0 N–H and O–H groups in total. The monoisotopic (exact) mass is 312 g/mol. The van der Waals surface area contributed by atoms with E-state index in [0.29, 0.717) is 17.7 Å². The van der Waals surface area contributed by atoms with Crippen molar-refractivity contribution in [3.8, 4) is 0 Å². The maximum atomic E-state index is 13.6. The number of rotatable bonds is 3. The highest BCUT2D eigenvalue weighted by Gasteiger charge is 2.31. The molecule has 4 heteroatoms. The lowest BCUT2D eigenvalue weighted by molar-refractivity contribution is 0.140. The minimum atomic E-state index is -1.59. The molecule has 2 nitrogen and oxygen atoms in total. The predicted octanol–water partition coefficient (Wildman–Crippen LogP) is 4.53. The Bertz CT molecular complexity index is 525. The first-order valence-corrected chi connectivity index (χ1v) is 8.62. The zero-order chi connectivity index (χ0) is 15.8. The second-order valence-electron chi connectivity index (χ2n) is 7.01. The molecule has 1 fully saturated rings. The summed E-state index contributed by atoms with van der Waals surface area (Å²) in [4.78, 5) is 0.696. The highest BCUT2D eigenvalue weighted by atomic mass is 32.2. The van der Waals surface area contributed by atoms with E-state index < -0.39 is 23.4 Å². The van der Waals surface area contributed by atoms with Gasteiger partial charge in [0.05, 0.1) is 4.90 Å². The minimum absolute atomic E-state index is 0.0475. The molecule has 0 aliphatic heterocycles. The van der Waals surface area contributed by atoms with Crippen molar-refractivity contribution >= 4 is 11.1 Å². The van der Waals surface area contributed by atoms with Crippen LogP contribution in [0.3, 0.4) is 0 Å². The van der Waals surface area contributed by atoms with E-state index in [0.717, 1.165) is 17.5 Å². The Kier molecular flexibility index (Phi) is 4.89. The largest absolute Gasteiger partial charge is 0.280 e. The highest BCUT2D eigenvalue weighted by Crippen LogP contribution is 2.31. The lowest BCUT2D eigenvalue weighted by atomic mass is 9.85. The van der Waals surface area contributed by atoms with Crippen LogP contribution in [0, 0.1) is 13.8 Å². The standard InChI is InChI=1S/C17H25FO2S/c1-11-9-13(17(3,4)5)10-12(2)16(11)21(19)20-15-8-6-7-14(15)18/h9-10,14-15H,6-8H2,1-5H3/t14-,15-,21?/m0/s1. The average molecular weight is 312 g/mol. The molecule has 0 spiro atoms. The molecule has 2 rings (SSSR count). The predicted molar refractivity (Wildman–Crippen MR) is 84.6 cm³/mol. The van der Waals surface area contributed by atoms with Crippen LogP contribution in [0.25, 0.3) is 0 Å². The Morgan fingerprint density at radius 2 is 1.76 bits per heavy atom. The summed E-state index contributed by atoms with van der Waals surface area (Å²) >= 11 is -1.59. The van der Waals surface area contributed by atoms with Gasteiger partial charge >= 0.3 is 0 Å². The van der Waals surface area contributed by atoms with E-state index >= 15 is 0 Å². The average Bonchev–Trinajstić information content (AvgIpc) is 2.73. The molecule has 3 atom stereocenters. The first kappa shape index (κ1) is 16.6. The number of aryl methyl sites for hydroxylation is 2. The van der Waals surface area contributed by atoms with Gasteiger partial charge in [0.25, 0.3) is 0 Å². The summed E-state index contributed by atoms with van der Waals surface area (Å²) in [6.45, 7) is 10.3. The van der Waals surface area contributed by atoms with Crippen LogP contribution in [0.15, 0.2) is 17.0 Å². The lowest BCUT2D eigenvalue weighted by Crippen LogP contribution is -2.21. The van der Waals surface area contributed by atoms with Gasteiger partial charge in [0.15, 0.2) is 11.1 Å². The summed E-state index contributed by atoms with van der Waals surface area (Å²) in [6, 6.07) is 4.12. The van der Waals surface area contributed by atoms with Crippen LogP contribution in [0.5, 0.6) is 0 Å². The highest BCUT2D eigenvalue weighted by molar-refractivity contribution is 7.80. The van der Waals surface area contributed by atoms with Crippen molar-refractivity contribution in [1.82, 2.24) is 0 Å². The molecule has 0 radical (unpaired) electrons. The van der Waals surface area contributed by atoms with Gasteiger partial charge in [0.1, 0.15) is 12.3 Å². The second-order valence-corrected chi connectivity index (χ2v) is 8.08. The molecule has 1 aliphatic carbocycles. The van der Waals surface area contributed by atoms with Gasteiger partial charge in [-0.1, -0.05) is 32.9 Å². The smallest absolute Gasteiger partial charge is 0.190 e. The van der Waals surface area contributed by atoms with Crippen LogP contribution in [-0.4, -0.2) is 16.5 Å². The molecular formula is C17H25FO2S. The summed E-state index contributed by atoms with van der Waals surface area (Å²) in [7, 11) is 0. The van der Waals surface area contributed by atoms with Gasteiger partial charge in [-0.25, -0.2) is 8.60 Å². The second kappa shape index (κ2) is 6.17. The Morgan fingerprint density at radius 3 is 2.19 bits per heavy atom. The lowest BCUT2D eigenvalue weighted by Gasteiger charge is -2.22. The Labute approximate surface area is 129 Å². The number of hydrogen-bond donors (Lipinski definition) is 0. The maximum absolute atomic E-state index is 13.6. The van der Waals surface area contributed by atoms with E-state index in [1.165, 1.54) is 5.56 Å². The fraction of sp³-hybridized carbons (Fsp3) is 0.647. The molecule has 1 saturated carbocycles. The molecule has 0 heterocycles. The van der Waals surface area contributed by atoms with Crippen molar-refractivity contribution in [2.24, 2.45) is 0 Å². The van der Waals surface area contributed by atoms with Gasteiger partial charge in [-0.15, -0.1) is 0 Å². The molecule has 21 heavy (non-hydrogen) atoms. The van der Waals surface area contributed by atoms with Crippen LogP contribution in [0.1, 0.15) is 56.7 Å². The van der Waals surface area contributed by atoms with Crippen molar-refractivity contribution in [2.45, 2.75) is 76.5 Å². The third-order valence-corrected chi connectivity index (χ3v) is 5.48. The van der Waals surface area contributed by atoms with Crippen molar-refractivity contribution < 1.29 is 12.8 Å². The molecule has 1 aliphatic rings. The van der Waals surface area contributed by atoms with Gasteiger partial charge in [-0.2, -0.15) is 0 Å². The number of benzene rings is 1. The van der Waals surface area contributed by atoms with Crippen LogP contribution < -0.4 is 0 Å². The van der Waals surface area contributed by atoms with Crippen molar-refractivity contribution in [3.05, 3.63) is 28.8 Å². The fourth-order valence-electron chi connectivity index (χ4n) is 2.80. The van der Waals surface area contributed by atoms with E-state index in [2.05, 4.69) is 32.9 Å². The van der Waals surface area contributed by atoms with E-state index in [9.17, 15) is 8.60 Å². The molecule has 0 saturated heterocycles. The molecule has 1 aromatic carbocycles. The van der Waals surface area contributed by atoms with Gasteiger partial charge in [-0.05, 0) is 55.2 Å². The maximum Gasteiger partial charge on any atom is 0.190 e. The zero-order valence-corrected chi connectivity index (χ0v) is 14.3. The molecule has 0 aromatic heterocycles. The quantitative estimate of drug-likeness (QED) is 0.819. The summed E-state index contributed by atoms with van der Waals surface area (Å²) in [5.74, 6) is 0. The molecule has 1 unspecified atom stereocenters. The topological polar surface area (TPSA) is 26.3 Å². The van der Waals surface area contributed by atoms with Gasteiger partial charge in [-0.3, -0.25) is 4.18 Å². The van der Waals surface area contributed by atoms with Crippen LogP contribution in [-0.2, 0) is 20.7 Å². The molecule has 0 bridgehead atoms.